The van der Waals surface area contributed by atoms with Gasteiger partial charge in [0, 0.05) is 30.2 Å². The Kier molecular flexibility index (Phi) is 5.32. The zero-order valence-electron chi connectivity index (χ0n) is 15.5. The summed E-state index contributed by atoms with van der Waals surface area (Å²) in [5.41, 5.74) is 2.53. The van der Waals surface area contributed by atoms with Crippen molar-refractivity contribution in [3.63, 3.8) is 0 Å². The molecule has 0 unspecified atom stereocenters. The van der Waals surface area contributed by atoms with E-state index in [1.54, 1.807) is 12.4 Å². The highest BCUT2D eigenvalue weighted by Crippen LogP contribution is 2.14. The summed E-state index contributed by atoms with van der Waals surface area (Å²) in [6.45, 7) is 8.24. The number of hydrogen-bond donors (Lipinski definition) is 2. The van der Waals surface area contributed by atoms with Crippen LogP contribution in [0.4, 0.5) is 0 Å². The highest BCUT2D eigenvalue weighted by atomic mass is 16.1. The molecule has 0 atom stereocenters. The van der Waals surface area contributed by atoms with Gasteiger partial charge >= 0.3 is 0 Å². The molecule has 0 fully saturated rings. The van der Waals surface area contributed by atoms with Gasteiger partial charge in [-0.2, -0.15) is 5.10 Å². The molecule has 2 heterocycles. The maximum atomic E-state index is 12.3. The van der Waals surface area contributed by atoms with Gasteiger partial charge in [-0.05, 0) is 32.4 Å². The molecule has 6 heteroatoms. The van der Waals surface area contributed by atoms with Crippen LogP contribution in [0.2, 0.25) is 0 Å². The van der Waals surface area contributed by atoms with Gasteiger partial charge in [0.1, 0.15) is 0 Å². The van der Waals surface area contributed by atoms with Crippen molar-refractivity contribution in [2.24, 2.45) is 0 Å². The third-order valence-electron chi connectivity index (χ3n) is 3.98. The molecule has 1 aromatic carbocycles. The van der Waals surface area contributed by atoms with E-state index in [1.165, 1.54) is 0 Å². The molecule has 0 aliphatic heterocycles. The van der Waals surface area contributed by atoms with Crippen LogP contribution >= 0.6 is 0 Å². The molecule has 0 saturated carbocycles. The third-order valence-corrected chi connectivity index (χ3v) is 3.98. The van der Waals surface area contributed by atoms with Crippen molar-refractivity contribution >= 4 is 16.9 Å². The third kappa shape index (κ3) is 4.67. The number of carbonyl (C=O) groups is 1. The van der Waals surface area contributed by atoms with Crippen LogP contribution in [0.1, 0.15) is 36.7 Å². The van der Waals surface area contributed by atoms with Gasteiger partial charge in [0.25, 0.3) is 5.91 Å². The lowest BCUT2D eigenvalue weighted by Gasteiger charge is -2.20. The van der Waals surface area contributed by atoms with Crippen LogP contribution in [0.3, 0.4) is 0 Å². The van der Waals surface area contributed by atoms with E-state index in [0.717, 1.165) is 23.1 Å². The minimum atomic E-state index is -0.120. The van der Waals surface area contributed by atoms with E-state index >= 15 is 0 Å². The molecule has 0 aliphatic rings. The Labute approximate surface area is 153 Å². The Balaban J connectivity index is 1.65. The van der Waals surface area contributed by atoms with Crippen molar-refractivity contribution in [3.05, 3.63) is 59.9 Å². The van der Waals surface area contributed by atoms with Crippen molar-refractivity contribution in [2.45, 2.75) is 32.9 Å². The topological polar surface area (TPSA) is 71.8 Å². The molecule has 0 radical (unpaired) electrons. The zero-order valence-corrected chi connectivity index (χ0v) is 15.5. The summed E-state index contributed by atoms with van der Waals surface area (Å²) in [6.07, 6.45) is 3.36. The van der Waals surface area contributed by atoms with Crippen LogP contribution in [-0.2, 0) is 6.54 Å². The Bertz CT molecular complexity index is 880. The highest BCUT2D eigenvalue weighted by Gasteiger charge is 2.11. The maximum absolute atomic E-state index is 12.3. The van der Waals surface area contributed by atoms with Gasteiger partial charge in [-0.15, -0.1) is 0 Å². The number of nitrogens with one attached hydrogen (secondary N) is 2. The van der Waals surface area contributed by atoms with E-state index < -0.39 is 0 Å². The molecule has 0 aliphatic carbocycles. The molecule has 6 nitrogen and oxygen atoms in total. The molecule has 3 rings (SSSR count). The van der Waals surface area contributed by atoms with Crippen LogP contribution in [0.5, 0.6) is 0 Å². The average molecular weight is 351 g/mol. The maximum Gasteiger partial charge on any atom is 0.252 e. The lowest BCUT2D eigenvalue weighted by atomic mass is 10.1. The summed E-state index contributed by atoms with van der Waals surface area (Å²) >= 11 is 0. The van der Waals surface area contributed by atoms with Gasteiger partial charge in [-0.25, -0.2) is 9.67 Å². The first-order valence-corrected chi connectivity index (χ1v) is 8.81. The van der Waals surface area contributed by atoms with Crippen molar-refractivity contribution in [1.82, 2.24) is 25.4 Å². The first-order valence-electron chi connectivity index (χ1n) is 8.81. The Morgan fingerprint density at radius 1 is 1.12 bits per heavy atom. The minimum absolute atomic E-state index is 0.0402. The molecular weight excluding hydrogens is 326 g/mol. The fraction of sp³-hybridized carbons (Fsp3) is 0.350. The number of aromatic nitrogens is 3. The second-order valence-electron chi connectivity index (χ2n) is 7.36. The van der Waals surface area contributed by atoms with Crippen LogP contribution in [0, 0.1) is 0 Å². The van der Waals surface area contributed by atoms with E-state index in [-0.39, 0.29) is 11.4 Å². The van der Waals surface area contributed by atoms with E-state index in [9.17, 15) is 4.79 Å². The summed E-state index contributed by atoms with van der Waals surface area (Å²) < 4.78 is 1.85. The van der Waals surface area contributed by atoms with Crippen molar-refractivity contribution in [1.29, 1.82) is 0 Å². The van der Waals surface area contributed by atoms with E-state index in [0.29, 0.717) is 18.7 Å². The summed E-state index contributed by atoms with van der Waals surface area (Å²) in [4.78, 5) is 16.8. The largest absolute Gasteiger partial charge is 0.351 e. The summed E-state index contributed by atoms with van der Waals surface area (Å²) in [6, 6.07) is 12.0. The first-order chi connectivity index (χ1) is 12.4. The van der Waals surface area contributed by atoms with Gasteiger partial charge in [0.05, 0.1) is 18.3 Å². The molecule has 0 bridgehead atoms. The number of amides is 1. The molecule has 136 valence electrons. The van der Waals surface area contributed by atoms with E-state index in [2.05, 4.69) is 53.6 Å². The van der Waals surface area contributed by atoms with Crippen LogP contribution < -0.4 is 10.6 Å². The van der Waals surface area contributed by atoms with Gasteiger partial charge < -0.3 is 10.6 Å². The predicted molar refractivity (Wildman–Crippen MR) is 103 cm³/mol. The Morgan fingerprint density at radius 3 is 2.62 bits per heavy atom. The van der Waals surface area contributed by atoms with Crippen molar-refractivity contribution in [2.75, 3.05) is 13.1 Å². The molecule has 0 spiro atoms. The number of hydrogen-bond acceptors (Lipinski definition) is 4. The molecule has 26 heavy (non-hydrogen) atoms. The predicted octanol–water partition coefficient (Wildman–Crippen LogP) is 2.60. The molecule has 3 aromatic rings. The molecular formula is C20H25N5O. The standard InChI is InChI=1S/C20H25N5O/c1-20(2,3)23-10-9-21-19(26)17-11-16-13-24-25(18(16)22-12-17)14-15-7-5-4-6-8-15/h4-8,11-13,23H,9-10,14H2,1-3H3,(H,21,26). The fourth-order valence-corrected chi connectivity index (χ4v) is 2.68. The van der Waals surface area contributed by atoms with Crippen molar-refractivity contribution in [3.8, 4) is 0 Å². The first kappa shape index (κ1) is 18.1. The molecule has 2 aromatic heterocycles. The molecule has 0 saturated heterocycles. The Morgan fingerprint density at radius 2 is 1.88 bits per heavy atom. The van der Waals surface area contributed by atoms with Gasteiger partial charge in [-0.1, -0.05) is 30.3 Å². The number of carbonyl (C=O) groups excluding carboxylic acids is 1. The summed E-state index contributed by atoms with van der Waals surface area (Å²) in [5, 5.41) is 11.5. The second-order valence-corrected chi connectivity index (χ2v) is 7.36. The molecule has 1 amide bonds. The smallest absolute Gasteiger partial charge is 0.252 e. The quantitative estimate of drug-likeness (QED) is 0.670. The zero-order chi connectivity index (χ0) is 18.6. The fourth-order valence-electron chi connectivity index (χ4n) is 2.68. The monoisotopic (exact) mass is 351 g/mol. The van der Waals surface area contributed by atoms with Crippen LogP contribution in [0.25, 0.3) is 11.0 Å². The average Bonchev–Trinajstić information content (AvgIpc) is 3.01. The number of nitrogens with zero attached hydrogens (tertiary/aromatic N) is 3. The van der Waals surface area contributed by atoms with Crippen LogP contribution in [0.15, 0.2) is 48.8 Å². The normalized spacial score (nSPS) is 11.7. The molecule has 2 N–H and O–H groups in total. The SMILES string of the molecule is CC(C)(C)NCCNC(=O)c1cnc2c(cnn2Cc2ccccc2)c1. The van der Waals surface area contributed by atoms with Crippen molar-refractivity contribution < 1.29 is 4.79 Å². The number of benzene rings is 1. The lowest BCUT2D eigenvalue weighted by molar-refractivity contribution is 0.0953. The minimum Gasteiger partial charge on any atom is -0.351 e. The number of rotatable bonds is 6. The number of fused-ring (bicyclic) bond motifs is 1. The number of pyridine rings is 1. The second kappa shape index (κ2) is 7.66. The summed E-state index contributed by atoms with van der Waals surface area (Å²) in [5.74, 6) is -0.120. The Hall–Kier alpha value is -2.73. The van der Waals surface area contributed by atoms with Gasteiger partial charge in [-0.3, -0.25) is 4.79 Å². The van der Waals surface area contributed by atoms with Gasteiger partial charge in [0.2, 0.25) is 0 Å². The highest BCUT2D eigenvalue weighted by molar-refractivity contribution is 5.96. The van der Waals surface area contributed by atoms with Crippen LogP contribution in [-0.4, -0.2) is 39.3 Å². The summed E-state index contributed by atoms with van der Waals surface area (Å²) in [7, 11) is 0. The van der Waals surface area contributed by atoms with E-state index in [4.69, 9.17) is 0 Å². The lowest BCUT2D eigenvalue weighted by Crippen LogP contribution is -2.41. The van der Waals surface area contributed by atoms with E-state index in [1.807, 2.05) is 28.9 Å². The van der Waals surface area contributed by atoms with Gasteiger partial charge in [0.15, 0.2) is 5.65 Å².